The second-order valence-electron chi connectivity index (χ2n) is 3.36. The van der Waals surface area contributed by atoms with Gasteiger partial charge in [-0.15, -0.1) is 11.3 Å². The predicted octanol–water partition coefficient (Wildman–Crippen LogP) is 2.59. The second-order valence-corrected chi connectivity index (χ2v) is 5.82. The Balaban J connectivity index is 2.48. The Morgan fingerprint density at radius 1 is 1.69 bits per heavy atom. The molecular formula is C9H10BrNOS. The predicted molar refractivity (Wildman–Crippen MR) is 56.9 cm³/mol. The minimum Gasteiger partial charge on any atom is -0.341 e. The molecule has 0 radical (unpaired) electrons. The summed E-state index contributed by atoms with van der Waals surface area (Å²) in [6.45, 7) is 2.72. The van der Waals surface area contributed by atoms with Gasteiger partial charge in [0.2, 0.25) is 5.91 Å². The topological polar surface area (TPSA) is 20.3 Å². The number of halogens is 1. The lowest BCUT2D eigenvalue weighted by Crippen LogP contribution is -2.34. The van der Waals surface area contributed by atoms with Gasteiger partial charge in [-0.1, -0.05) is 0 Å². The van der Waals surface area contributed by atoms with Gasteiger partial charge in [0.15, 0.2) is 0 Å². The Kier molecular flexibility index (Phi) is 2.20. The fourth-order valence-electron chi connectivity index (χ4n) is 1.67. The van der Waals surface area contributed by atoms with Gasteiger partial charge >= 0.3 is 0 Å². The lowest BCUT2D eigenvalue weighted by molar-refractivity contribution is -0.132. The summed E-state index contributed by atoms with van der Waals surface area (Å²) in [6.07, 6.45) is 0. The van der Waals surface area contributed by atoms with E-state index >= 15 is 0 Å². The van der Waals surface area contributed by atoms with Crippen LogP contribution in [0.4, 0.5) is 0 Å². The van der Waals surface area contributed by atoms with Crippen LogP contribution in [0.5, 0.6) is 0 Å². The highest BCUT2D eigenvalue weighted by molar-refractivity contribution is 9.11. The molecule has 1 amide bonds. The van der Waals surface area contributed by atoms with Crippen molar-refractivity contribution in [1.29, 1.82) is 0 Å². The minimum absolute atomic E-state index is 0.0325. The van der Waals surface area contributed by atoms with Crippen molar-refractivity contribution in [3.05, 3.63) is 20.3 Å². The number of fused-ring (bicyclic) bond motifs is 1. The van der Waals surface area contributed by atoms with Gasteiger partial charge in [-0.2, -0.15) is 0 Å². The summed E-state index contributed by atoms with van der Waals surface area (Å²) in [4.78, 5) is 14.6. The van der Waals surface area contributed by atoms with E-state index in [2.05, 4.69) is 22.0 Å². The van der Waals surface area contributed by atoms with Crippen LogP contribution in [0.3, 0.4) is 0 Å². The van der Waals surface area contributed by atoms with Crippen LogP contribution in [-0.2, 0) is 11.3 Å². The molecule has 1 aliphatic rings. The average molecular weight is 260 g/mol. The Morgan fingerprint density at radius 2 is 2.38 bits per heavy atom. The van der Waals surface area contributed by atoms with Crippen molar-refractivity contribution in [2.75, 3.05) is 7.05 Å². The SMILES string of the molecule is CC1C(=O)N(C)Cc2cc(Br)sc21. The highest BCUT2D eigenvalue weighted by Crippen LogP contribution is 2.37. The van der Waals surface area contributed by atoms with E-state index in [1.807, 2.05) is 14.0 Å². The van der Waals surface area contributed by atoms with E-state index < -0.39 is 0 Å². The fraction of sp³-hybridized carbons (Fsp3) is 0.444. The van der Waals surface area contributed by atoms with Crippen molar-refractivity contribution in [2.45, 2.75) is 19.4 Å². The van der Waals surface area contributed by atoms with Gasteiger partial charge in [0.1, 0.15) is 0 Å². The van der Waals surface area contributed by atoms with E-state index in [0.29, 0.717) is 0 Å². The highest BCUT2D eigenvalue weighted by Gasteiger charge is 2.29. The van der Waals surface area contributed by atoms with Crippen molar-refractivity contribution in [3.63, 3.8) is 0 Å². The monoisotopic (exact) mass is 259 g/mol. The summed E-state index contributed by atoms with van der Waals surface area (Å²) in [5.74, 6) is 0.256. The molecule has 2 heterocycles. The zero-order chi connectivity index (χ0) is 9.59. The number of rotatable bonds is 0. The van der Waals surface area contributed by atoms with Crippen molar-refractivity contribution in [2.24, 2.45) is 0 Å². The summed E-state index contributed by atoms with van der Waals surface area (Å²) in [5.41, 5.74) is 1.28. The summed E-state index contributed by atoms with van der Waals surface area (Å²) in [7, 11) is 1.85. The van der Waals surface area contributed by atoms with E-state index in [9.17, 15) is 4.79 Å². The number of nitrogens with zero attached hydrogens (tertiary/aromatic N) is 1. The maximum atomic E-state index is 11.6. The largest absolute Gasteiger partial charge is 0.341 e. The van der Waals surface area contributed by atoms with Crippen molar-refractivity contribution in [1.82, 2.24) is 4.90 Å². The summed E-state index contributed by atoms with van der Waals surface area (Å²) in [6, 6.07) is 2.11. The van der Waals surface area contributed by atoms with E-state index in [-0.39, 0.29) is 11.8 Å². The molecule has 0 aromatic carbocycles. The van der Waals surface area contributed by atoms with Crippen LogP contribution in [0.1, 0.15) is 23.3 Å². The van der Waals surface area contributed by atoms with Crippen LogP contribution < -0.4 is 0 Å². The van der Waals surface area contributed by atoms with Gasteiger partial charge in [-0.05, 0) is 34.5 Å². The number of likely N-dealkylation sites (N-methyl/N-ethyl adjacent to an activating group) is 1. The van der Waals surface area contributed by atoms with E-state index in [1.54, 1.807) is 16.2 Å². The van der Waals surface area contributed by atoms with Gasteiger partial charge < -0.3 is 4.90 Å². The zero-order valence-electron chi connectivity index (χ0n) is 7.50. The van der Waals surface area contributed by atoms with Crippen LogP contribution in [0.2, 0.25) is 0 Å². The van der Waals surface area contributed by atoms with Crippen molar-refractivity contribution in [3.8, 4) is 0 Å². The fourth-order valence-corrected chi connectivity index (χ4v) is 3.42. The third-order valence-electron chi connectivity index (χ3n) is 2.36. The molecule has 1 aromatic rings. The first kappa shape index (κ1) is 9.21. The first-order valence-corrected chi connectivity index (χ1v) is 5.73. The summed E-state index contributed by atoms with van der Waals surface area (Å²) < 4.78 is 1.12. The van der Waals surface area contributed by atoms with Gasteiger partial charge in [-0.25, -0.2) is 0 Å². The molecule has 0 saturated carbocycles. The lowest BCUT2D eigenvalue weighted by Gasteiger charge is -2.26. The Labute approximate surface area is 89.7 Å². The third-order valence-corrected chi connectivity index (χ3v) is 4.22. The van der Waals surface area contributed by atoms with E-state index in [0.717, 1.165) is 10.3 Å². The molecule has 0 N–H and O–H groups in total. The minimum atomic E-state index is 0.0325. The highest BCUT2D eigenvalue weighted by atomic mass is 79.9. The van der Waals surface area contributed by atoms with Crippen LogP contribution in [-0.4, -0.2) is 17.9 Å². The molecule has 70 valence electrons. The normalized spacial score (nSPS) is 21.9. The number of amides is 1. The molecule has 1 aliphatic heterocycles. The van der Waals surface area contributed by atoms with Crippen LogP contribution in [0.25, 0.3) is 0 Å². The number of hydrogen-bond donors (Lipinski definition) is 0. The van der Waals surface area contributed by atoms with Crippen molar-refractivity contribution >= 4 is 33.2 Å². The Morgan fingerprint density at radius 3 is 3.08 bits per heavy atom. The van der Waals surface area contributed by atoms with Crippen LogP contribution in [0.15, 0.2) is 9.85 Å². The second kappa shape index (κ2) is 3.10. The molecular weight excluding hydrogens is 250 g/mol. The standard InChI is InChI=1S/C9H10BrNOS/c1-5-8-6(3-7(10)13-8)4-11(2)9(5)12/h3,5H,4H2,1-2H3. The zero-order valence-corrected chi connectivity index (χ0v) is 9.91. The molecule has 13 heavy (non-hydrogen) atoms. The molecule has 0 saturated heterocycles. The summed E-state index contributed by atoms with van der Waals surface area (Å²) in [5, 5.41) is 0. The maximum absolute atomic E-state index is 11.6. The maximum Gasteiger partial charge on any atom is 0.230 e. The smallest absolute Gasteiger partial charge is 0.230 e. The van der Waals surface area contributed by atoms with Crippen LogP contribution in [0, 0.1) is 0 Å². The lowest BCUT2D eigenvalue weighted by atomic mass is 10.0. The molecule has 4 heteroatoms. The van der Waals surface area contributed by atoms with E-state index in [4.69, 9.17) is 0 Å². The number of carbonyl (C=O) groups excluding carboxylic acids is 1. The average Bonchev–Trinajstić information content (AvgIpc) is 2.42. The van der Waals surface area contributed by atoms with Gasteiger partial charge in [0.05, 0.1) is 9.70 Å². The molecule has 1 atom stereocenters. The number of thiophene rings is 1. The first-order chi connectivity index (χ1) is 6.09. The number of carbonyl (C=O) groups is 1. The molecule has 0 fully saturated rings. The van der Waals surface area contributed by atoms with Gasteiger partial charge in [0.25, 0.3) is 0 Å². The van der Waals surface area contributed by atoms with E-state index in [1.165, 1.54) is 10.4 Å². The molecule has 0 bridgehead atoms. The molecule has 1 unspecified atom stereocenters. The molecule has 0 spiro atoms. The molecule has 2 rings (SSSR count). The molecule has 0 aliphatic carbocycles. The Bertz CT molecular complexity index is 360. The molecule has 1 aromatic heterocycles. The van der Waals surface area contributed by atoms with Gasteiger partial charge in [0, 0.05) is 18.5 Å². The third kappa shape index (κ3) is 1.42. The quantitative estimate of drug-likeness (QED) is 0.702. The summed E-state index contributed by atoms with van der Waals surface area (Å²) >= 11 is 5.12. The van der Waals surface area contributed by atoms with Crippen molar-refractivity contribution < 1.29 is 4.79 Å². The molecule has 2 nitrogen and oxygen atoms in total. The first-order valence-electron chi connectivity index (χ1n) is 4.12. The van der Waals surface area contributed by atoms with Gasteiger partial charge in [-0.3, -0.25) is 4.79 Å². The van der Waals surface area contributed by atoms with Crippen LogP contribution >= 0.6 is 27.3 Å². The Hall–Kier alpha value is -0.350. The number of hydrogen-bond acceptors (Lipinski definition) is 2.